The topological polar surface area (TPSA) is 63.9 Å². The van der Waals surface area contributed by atoms with Crippen LogP contribution < -0.4 is 0 Å². The summed E-state index contributed by atoms with van der Waals surface area (Å²) in [6.07, 6.45) is 5.80. The lowest BCUT2D eigenvalue weighted by molar-refractivity contribution is -0.128. The Balaban J connectivity index is 1.46. The third kappa shape index (κ3) is 3.94. The molecule has 144 valence electrons. The van der Waals surface area contributed by atoms with E-state index in [0.29, 0.717) is 11.8 Å². The first-order chi connectivity index (χ1) is 13.6. The van der Waals surface area contributed by atoms with Crippen LogP contribution in [-0.4, -0.2) is 43.4 Å². The fraction of sp³-hybridized carbons (Fsp3) is 0.333. The number of aromatic nitrogens is 4. The van der Waals surface area contributed by atoms with E-state index in [1.54, 1.807) is 17.3 Å². The molecule has 1 aliphatic rings. The molecule has 0 saturated heterocycles. The average molecular weight is 394 g/mol. The normalized spacial score (nSPS) is 14.6. The van der Waals surface area contributed by atoms with Gasteiger partial charge in [-0.3, -0.25) is 14.3 Å². The van der Waals surface area contributed by atoms with Crippen LogP contribution in [0.5, 0.6) is 0 Å². The maximum Gasteiger partial charge on any atom is 0.233 e. The van der Waals surface area contributed by atoms with E-state index in [1.807, 2.05) is 56.4 Å². The third-order valence-corrected chi connectivity index (χ3v) is 6.01. The van der Waals surface area contributed by atoms with E-state index in [9.17, 15) is 4.79 Å². The summed E-state index contributed by atoms with van der Waals surface area (Å²) in [6, 6.07) is 14.4. The summed E-state index contributed by atoms with van der Waals surface area (Å²) in [6.45, 7) is 2.05. The Labute approximate surface area is 169 Å². The van der Waals surface area contributed by atoms with Crippen LogP contribution in [0.3, 0.4) is 0 Å². The summed E-state index contributed by atoms with van der Waals surface area (Å²) >= 11 is 1.46. The van der Waals surface area contributed by atoms with Gasteiger partial charge in [-0.05, 0) is 37.5 Å². The van der Waals surface area contributed by atoms with Gasteiger partial charge in [0.15, 0.2) is 11.0 Å². The highest BCUT2D eigenvalue weighted by molar-refractivity contribution is 7.99. The summed E-state index contributed by atoms with van der Waals surface area (Å²) in [4.78, 5) is 18.7. The van der Waals surface area contributed by atoms with Gasteiger partial charge in [0.25, 0.3) is 0 Å². The van der Waals surface area contributed by atoms with Crippen molar-refractivity contribution in [2.45, 2.75) is 37.0 Å². The number of amides is 1. The number of hydrogen-bond donors (Lipinski definition) is 0. The molecule has 2 aromatic heterocycles. The first kappa shape index (κ1) is 18.7. The second-order valence-electron chi connectivity index (χ2n) is 7.03. The van der Waals surface area contributed by atoms with E-state index in [-0.39, 0.29) is 11.9 Å². The van der Waals surface area contributed by atoms with Gasteiger partial charge in [-0.1, -0.05) is 42.1 Å². The Morgan fingerprint density at radius 3 is 2.68 bits per heavy atom. The zero-order chi connectivity index (χ0) is 19.5. The van der Waals surface area contributed by atoms with Gasteiger partial charge in [0.05, 0.1) is 11.8 Å². The molecule has 0 radical (unpaired) electrons. The van der Waals surface area contributed by atoms with Crippen LogP contribution in [0.1, 0.15) is 37.4 Å². The number of carbonyl (C=O) groups excluding carboxylic acids is 1. The summed E-state index contributed by atoms with van der Waals surface area (Å²) in [5.41, 5.74) is 2.08. The van der Waals surface area contributed by atoms with Gasteiger partial charge in [0.2, 0.25) is 5.91 Å². The van der Waals surface area contributed by atoms with Crippen molar-refractivity contribution in [3.05, 3.63) is 60.4 Å². The minimum Gasteiger partial charge on any atom is -0.338 e. The molecule has 0 unspecified atom stereocenters. The molecule has 0 spiro atoms. The highest BCUT2D eigenvalue weighted by Crippen LogP contribution is 2.41. The predicted octanol–water partition coefficient (Wildman–Crippen LogP) is 3.99. The lowest BCUT2D eigenvalue weighted by atomic mass is 10.1. The fourth-order valence-corrected chi connectivity index (χ4v) is 4.06. The molecule has 6 nitrogen and oxygen atoms in total. The van der Waals surface area contributed by atoms with Crippen molar-refractivity contribution in [1.82, 2.24) is 24.6 Å². The van der Waals surface area contributed by atoms with Crippen molar-refractivity contribution in [3.63, 3.8) is 0 Å². The molecule has 3 aromatic rings. The number of nitrogens with zero attached hydrogens (tertiary/aromatic N) is 5. The lowest BCUT2D eigenvalue weighted by Gasteiger charge is -2.25. The van der Waals surface area contributed by atoms with Crippen LogP contribution >= 0.6 is 11.8 Å². The predicted molar refractivity (Wildman–Crippen MR) is 110 cm³/mol. The summed E-state index contributed by atoms with van der Waals surface area (Å²) < 4.78 is 2.16. The van der Waals surface area contributed by atoms with Crippen molar-refractivity contribution in [2.24, 2.45) is 0 Å². The molecular formula is C21H23N5OS. The standard InChI is InChI=1S/C21H23N5OS/c1-15(16-7-4-3-5-8-16)25(2)19(27)14-28-21-24-23-20(26(21)18-10-11-18)17-9-6-12-22-13-17/h3-9,12-13,15,18H,10-11,14H2,1-2H3/t15-/m1/s1. The zero-order valence-electron chi connectivity index (χ0n) is 16.0. The maximum absolute atomic E-state index is 12.7. The van der Waals surface area contributed by atoms with Crippen LogP contribution in [-0.2, 0) is 4.79 Å². The lowest BCUT2D eigenvalue weighted by Crippen LogP contribution is -2.31. The number of hydrogen-bond acceptors (Lipinski definition) is 5. The average Bonchev–Trinajstić information content (AvgIpc) is 3.51. The molecule has 1 amide bonds. The summed E-state index contributed by atoms with van der Waals surface area (Å²) in [5.74, 6) is 1.25. The Bertz CT molecular complexity index is 940. The van der Waals surface area contributed by atoms with E-state index in [0.717, 1.165) is 34.9 Å². The SMILES string of the molecule is C[C@H](c1ccccc1)N(C)C(=O)CSc1nnc(-c2cccnc2)n1C1CC1. The summed E-state index contributed by atoms with van der Waals surface area (Å²) in [5, 5.41) is 9.55. The Morgan fingerprint density at radius 2 is 2.00 bits per heavy atom. The first-order valence-corrected chi connectivity index (χ1v) is 10.4. The van der Waals surface area contributed by atoms with Gasteiger partial charge < -0.3 is 4.90 Å². The van der Waals surface area contributed by atoms with Crippen LogP contribution in [0.25, 0.3) is 11.4 Å². The molecule has 0 aliphatic heterocycles. The molecule has 2 heterocycles. The second-order valence-corrected chi connectivity index (χ2v) is 7.97. The minimum absolute atomic E-state index is 0.0292. The van der Waals surface area contributed by atoms with Gasteiger partial charge in [0.1, 0.15) is 0 Å². The maximum atomic E-state index is 12.7. The molecular weight excluding hydrogens is 370 g/mol. The van der Waals surface area contributed by atoms with Crippen LogP contribution in [0.2, 0.25) is 0 Å². The van der Waals surface area contributed by atoms with E-state index in [2.05, 4.69) is 19.7 Å². The second kappa shape index (κ2) is 8.14. The van der Waals surface area contributed by atoms with E-state index < -0.39 is 0 Å². The van der Waals surface area contributed by atoms with Crippen molar-refractivity contribution in [3.8, 4) is 11.4 Å². The van der Waals surface area contributed by atoms with E-state index >= 15 is 0 Å². The van der Waals surface area contributed by atoms with Gasteiger partial charge in [-0.15, -0.1) is 10.2 Å². The van der Waals surface area contributed by atoms with Crippen molar-refractivity contribution in [2.75, 3.05) is 12.8 Å². The van der Waals surface area contributed by atoms with E-state index in [4.69, 9.17) is 0 Å². The number of pyridine rings is 1. The largest absolute Gasteiger partial charge is 0.338 e. The van der Waals surface area contributed by atoms with Crippen LogP contribution in [0, 0.1) is 0 Å². The van der Waals surface area contributed by atoms with E-state index in [1.165, 1.54) is 11.8 Å². The minimum atomic E-state index is 0.0292. The van der Waals surface area contributed by atoms with Gasteiger partial charge in [-0.2, -0.15) is 0 Å². The van der Waals surface area contributed by atoms with Crippen molar-refractivity contribution in [1.29, 1.82) is 0 Å². The number of thioether (sulfide) groups is 1. The summed E-state index contributed by atoms with van der Waals surface area (Å²) in [7, 11) is 1.85. The van der Waals surface area contributed by atoms with Gasteiger partial charge in [0, 0.05) is 31.0 Å². The third-order valence-electron chi connectivity index (χ3n) is 5.08. The molecule has 1 aliphatic carbocycles. The zero-order valence-corrected chi connectivity index (χ0v) is 16.8. The van der Waals surface area contributed by atoms with Crippen molar-refractivity contribution < 1.29 is 4.79 Å². The smallest absolute Gasteiger partial charge is 0.233 e. The highest BCUT2D eigenvalue weighted by Gasteiger charge is 2.30. The van der Waals surface area contributed by atoms with Gasteiger partial charge >= 0.3 is 0 Å². The molecule has 1 saturated carbocycles. The quantitative estimate of drug-likeness (QED) is 0.568. The molecule has 4 rings (SSSR count). The molecule has 28 heavy (non-hydrogen) atoms. The Kier molecular flexibility index (Phi) is 5.43. The first-order valence-electron chi connectivity index (χ1n) is 9.44. The Morgan fingerprint density at radius 1 is 1.21 bits per heavy atom. The fourth-order valence-electron chi connectivity index (χ4n) is 3.13. The van der Waals surface area contributed by atoms with Crippen molar-refractivity contribution >= 4 is 17.7 Å². The number of benzene rings is 1. The number of rotatable bonds is 7. The monoisotopic (exact) mass is 393 g/mol. The van der Waals surface area contributed by atoms with Crippen LogP contribution in [0.15, 0.2) is 60.0 Å². The Hall–Kier alpha value is -2.67. The molecule has 1 atom stereocenters. The molecule has 0 bridgehead atoms. The number of carbonyl (C=O) groups is 1. The van der Waals surface area contributed by atoms with Crippen LogP contribution in [0.4, 0.5) is 0 Å². The highest BCUT2D eigenvalue weighted by atomic mass is 32.2. The molecule has 1 aromatic carbocycles. The van der Waals surface area contributed by atoms with Gasteiger partial charge in [-0.25, -0.2) is 0 Å². The molecule has 0 N–H and O–H groups in total. The molecule has 7 heteroatoms. The molecule has 1 fully saturated rings.